The molecule has 3 rings (SSSR count). The van der Waals surface area contributed by atoms with Gasteiger partial charge in [-0.2, -0.15) is 4.31 Å². The minimum Gasteiger partial charge on any atom is -0.452 e. The Morgan fingerprint density at radius 3 is 2.80 bits per heavy atom. The van der Waals surface area contributed by atoms with Crippen molar-refractivity contribution in [1.29, 1.82) is 0 Å². The van der Waals surface area contributed by atoms with Gasteiger partial charge in [0.2, 0.25) is 15.9 Å². The lowest BCUT2D eigenvalue weighted by Crippen LogP contribution is -2.39. The van der Waals surface area contributed by atoms with Crippen LogP contribution >= 0.6 is 11.6 Å². The number of carbonyl (C=O) groups excluding carboxylic acids is 2. The van der Waals surface area contributed by atoms with Gasteiger partial charge in [-0.3, -0.25) is 10.1 Å². The van der Waals surface area contributed by atoms with Crippen molar-refractivity contribution in [2.75, 3.05) is 25.0 Å². The van der Waals surface area contributed by atoms with Crippen molar-refractivity contribution in [2.24, 2.45) is 5.92 Å². The van der Waals surface area contributed by atoms with Crippen molar-refractivity contribution in [2.45, 2.75) is 31.6 Å². The summed E-state index contributed by atoms with van der Waals surface area (Å²) in [4.78, 5) is 24.1. The molecule has 0 aliphatic carbocycles. The van der Waals surface area contributed by atoms with Gasteiger partial charge in [0.25, 0.3) is 5.91 Å². The third-order valence-electron chi connectivity index (χ3n) is 4.63. The Kier molecular flexibility index (Phi) is 6.79. The molecule has 1 aliphatic rings. The van der Waals surface area contributed by atoms with E-state index in [-0.39, 0.29) is 27.3 Å². The Morgan fingerprint density at radius 1 is 1.37 bits per heavy atom. The molecule has 1 unspecified atom stereocenters. The zero-order valence-electron chi connectivity index (χ0n) is 16.6. The van der Waals surface area contributed by atoms with Gasteiger partial charge < -0.3 is 9.26 Å². The molecule has 11 heteroatoms. The van der Waals surface area contributed by atoms with Crippen molar-refractivity contribution in [1.82, 2.24) is 9.46 Å². The molecular formula is C19H22ClN3O6S. The first kappa shape index (κ1) is 22.3. The molecule has 1 aliphatic heterocycles. The maximum absolute atomic E-state index is 13.0. The molecule has 30 heavy (non-hydrogen) atoms. The first-order valence-electron chi connectivity index (χ1n) is 9.37. The summed E-state index contributed by atoms with van der Waals surface area (Å²) in [6, 6.07) is 5.37. The Labute approximate surface area is 179 Å². The SMILES string of the molecule is Cc1cc(NC(=O)COC(=O)c2ccc(Cl)c(S(=O)(=O)N3CCCC(C)C3)c2)on1. The van der Waals surface area contributed by atoms with Gasteiger partial charge in [-0.05, 0) is 43.9 Å². The van der Waals surface area contributed by atoms with Gasteiger partial charge in [0.05, 0.1) is 16.3 Å². The van der Waals surface area contributed by atoms with Gasteiger partial charge in [0, 0.05) is 19.2 Å². The summed E-state index contributed by atoms with van der Waals surface area (Å²) >= 11 is 6.12. The Balaban J connectivity index is 1.69. The second-order valence-corrected chi connectivity index (χ2v) is 9.53. The number of amides is 1. The maximum atomic E-state index is 13.0. The summed E-state index contributed by atoms with van der Waals surface area (Å²) in [7, 11) is -3.86. The Morgan fingerprint density at radius 2 is 2.13 bits per heavy atom. The number of aromatic nitrogens is 1. The lowest BCUT2D eigenvalue weighted by Gasteiger charge is -2.30. The molecular weight excluding hydrogens is 434 g/mol. The molecule has 1 N–H and O–H groups in total. The smallest absolute Gasteiger partial charge is 0.338 e. The Bertz CT molecular complexity index is 1050. The molecule has 0 spiro atoms. The summed E-state index contributed by atoms with van der Waals surface area (Å²) in [5.74, 6) is -1.10. The number of hydrogen-bond donors (Lipinski definition) is 1. The second-order valence-electron chi connectivity index (χ2n) is 7.21. The van der Waals surface area contributed by atoms with Gasteiger partial charge in [0.15, 0.2) is 6.61 Å². The highest BCUT2D eigenvalue weighted by Gasteiger charge is 2.31. The highest BCUT2D eigenvalue weighted by atomic mass is 35.5. The first-order chi connectivity index (χ1) is 14.2. The lowest BCUT2D eigenvalue weighted by atomic mass is 10.0. The average molecular weight is 456 g/mol. The number of piperidine rings is 1. The van der Waals surface area contributed by atoms with E-state index in [2.05, 4.69) is 10.5 Å². The highest BCUT2D eigenvalue weighted by Crippen LogP contribution is 2.29. The molecule has 1 saturated heterocycles. The molecule has 1 atom stereocenters. The number of rotatable bonds is 6. The predicted molar refractivity (Wildman–Crippen MR) is 109 cm³/mol. The minimum atomic E-state index is -3.86. The van der Waals surface area contributed by atoms with Crippen LogP contribution in [0.5, 0.6) is 0 Å². The van der Waals surface area contributed by atoms with Crippen molar-refractivity contribution in [3.63, 3.8) is 0 Å². The lowest BCUT2D eigenvalue weighted by molar-refractivity contribution is -0.119. The highest BCUT2D eigenvalue weighted by molar-refractivity contribution is 7.89. The monoisotopic (exact) mass is 455 g/mol. The van der Waals surface area contributed by atoms with E-state index < -0.39 is 28.5 Å². The van der Waals surface area contributed by atoms with E-state index in [0.29, 0.717) is 18.8 Å². The number of nitrogens with zero attached hydrogens (tertiary/aromatic N) is 2. The molecule has 1 aromatic carbocycles. The fourth-order valence-corrected chi connectivity index (χ4v) is 5.24. The van der Waals surface area contributed by atoms with Crippen LogP contribution in [-0.4, -0.2) is 49.5 Å². The van der Waals surface area contributed by atoms with E-state index in [1.165, 1.54) is 28.6 Å². The Hall–Kier alpha value is -2.43. The van der Waals surface area contributed by atoms with Crippen LogP contribution in [0.2, 0.25) is 5.02 Å². The quantitative estimate of drug-likeness (QED) is 0.665. The van der Waals surface area contributed by atoms with Crippen molar-refractivity contribution >= 4 is 39.4 Å². The number of aryl methyl sites for hydroxylation is 1. The van der Waals surface area contributed by atoms with Crippen LogP contribution in [0, 0.1) is 12.8 Å². The number of benzene rings is 1. The predicted octanol–water partition coefficient (Wildman–Crippen LogP) is 2.85. The number of ether oxygens (including phenoxy) is 1. The fraction of sp³-hybridized carbons (Fsp3) is 0.421. The molecule has 9 nitrogen and oxygen atoms in total. The summed E-state index contributed by atoms with van der Waals surface area (Å²) < 4.78 is 37.2. The van der Waals surface area contributed by atoms with Crippen LogP contribution in [-0.2, 0) is 19.6 Å². The van der Waals surface area contributed by atoms with Crippen molar-refractivity contribution < 1.29 is 27.3 Å². The third-order valence-corrected chi connectivity index (χ3v) is 6.98. The topological polar surface area (TPSA) is 119 Å². The number of carbonyl (C=O) groups is 2. The molecule has 162 valence electrons. The van der Waals surface area contributed by atoms with Gasteiger partial charge in [-0.25, -0.2) is 13.2 Å². The van der Waals surface area contributed by atoms with E-state index in [1.807, 2.05) is 6.92 Å². The largest absolute Gasteiger partial charge is 0.452 e. The van der Waals surface area contributed by atoms with E-state index >= 15 is 0 Å². The van der Waals surface area contributed by atoms with Crippen molar-refractivity contribution in [3.05, 3.63) is 40.5 Å². The van der Waals surface area contributed by atoms with E-state index in [9.17, 15) is 18.0 Å². The fourth-order valence-electron chi connectivity index (χ4n) is 3.14. The molecule has 0 saturated carbocycles. The first-order valence-corrected chi connectivity index (χ1v) is 11.2. The van der Waals surface area contributed by atoms with Gasteiger partial charge in [0.1, 0.15) is 4.90 Å². The van der Waals surface area contributed by atoms with Crippen molar-refractivity contribution in [3.8, 4) is 0 Å². The molecule has 2 heterocycles. The molecule has 0 radical (unpaired) electrons. The summed E-state index contributed by atoms with van der Waals surface area (Å²) in [5.41, 5.74) is 0.562. The van der Waals surface area contributed by atoms with E-state index in [0.717, 1.165) is 12.8 Å². The van der Waals surface area contributed by atoms with Gasteiger partial charge in [-0.1, -0.05) is 23.7 Å². The number of anilines is 1. The van der Waals surface area contributed by atoms with Crippen LogP contribution in [0.1, 0.15) is 35.8 Å². The number of hydrogen-bond acceptors (Lipinski definition) is 7. The zero-order chi connectivity index (χ0) is 21.9. The van der Waals surface area contributed by atoms with Crippen LogP contribution in [0.3, 0.4) is 0 Å². The van der Waals surface area contributed by atoms with Crippen LogP contribution in [0.15, 0.2) is 33.7 Å². The van der Waals surface area contributed by atoms with Gasteiger partial charge >= 0.3 is 5.97 Å². The molecule has 1 fully saturated rings. The standard InChI is InChI=1S/C19H22ClN3O6S/c1-12-4-3-7-23(10-12)30(26,27)16-9-14(5-6-15(16)20)19(25)28-11-17(24)21-18-8-13(2)22-29-18/h5-6,8-9,12H,3-4,7,10-11H2,1-2H3,(H,21,24). The molecule has 2 aromatic rings. The number of sulfonamides is 1. The van der Waals surface area contributed by atoms with Gasteiger partial charge in [-0.15, -0.1) is 0 Å². The number of halogens is 1. The normalized spacial score (nSPS) is 17.5. The molecule has 1 amide bonds. The molecule has 0 bridgehead atoms. The third kappa shape index (κ3) is 5.18. The van der Waals surface area contributed by atoms with E-state index in [4.69, 9.17) is 20.9 Å². The number of esters is 1. The summed E-state index contributed by atoms with van der Waals surface area (Å²) in [6.07, 6.45) is 1.72. The maximum Gasteiger partial charge on any atom is 0.338 e. The summed E-state index contributed by atoms with van der Waals surface area (Å²) in [6.45, 7) is 3.90. The van der Waals surface area contributed by atoms with Crippen LogP contribution < -0.4 is 5.32 Å². The second kappa shape index (κ2) is 9.15. The zero-order valence-corrected chi connectivity index (χ0v) is 18.1. The van der Waals surface area contributed by atoms with Crippen LogP contribution in [0.25, 0.3) is 0 Å². The minimum absolute atomic E-state index is 0.0169. The average Bonchev–Trinajstić information content (AvgIpc) is 3.10. The van der Waals surface area contributed by atoms with Crippen LogP contribution in [0.4, 0.5) is 5.88 Å². The number of nitrogens with one attached hydrogen (secondary N) is 1. The summed E-state index contributed by atoms with van der Waals surface area (Å²) in [5, 5.41) is 6.04. The van der Waals surface area contributed by atoms with E-state index in [1.54, 1.807) is 6.92 Å². The molecule has 1 aromatic heterocycles.